The van der Waals surface area contributed by atoms with Crippen molar-refractivity contribution in [3.8, 4) is 11.6 Å². The highest BCUT2D eigenvalue weighted by molar-refractivity contribution is 6.29. The number of ether oxygens (including phenoxy) is 1. The Morgan fingerprint density at radius 1 is 1.28 bits per heavy atom. The molecule has 2 aromatic rings. The maximum absolute atomic E-state index is 12.9. The Hall–Kier alpha value is -2.28. The van der Waals surface area contributed by atoms with Crippen LogP contribution in [0, 0.1) is 15.9 Å². The molecule has 0 saturated carbocycles. The van der Waals surface area contributed by atoms with Gasteiger partial charge in [0, 0.05) is 6.07 Å². The smallest absolute Gasteiger partial charge is 0.314 e. The van der Waals surface area contributed by atoms with E-state index >= 15 is 0 Å². The van der Waals surface area contributed by atoms with Gasteiger partial charge in [0.2, 0.25) is 11.6 Å². The highest BCUT2D eigenvalue weighted by Gasteiger charge is 2.17. The van der Waals surface area contributed by atoms with E-state index in [0.29, 0.717) is 0 Å². The van der Waals surface area contributed by atoms with Crippen molar-refractivity contribution < 1.29 is 14.1 Å². The van der Waals surface area contributed by atoms with Crippen LogP contribution >= 0.6 is 11.6 Å². The molecule has 0 unspecified atom stereocenters. The molecule has 0 radical (unpaired) electrons. The van der Waals surface area contributed by atoms with Gasteiger partial charge in [-0.1, -0.05) is 11.6 Å². The second-order valence-electron chi connectivity index (χ2n) is 3.17. The summed E-state index contributed by atoms with van der Waals surface area (Å²) in [5, 5.41) is 18.0. The largest absolute Gasteiger partial charge is 0.430 e. The molecule has 0 saturated heterocycles. The van der Waals surface area contributed by atoms with Crippen LogP contribution in [-0.4, -0.2) is 15.1 Å². The third-order valence-electron chi connectivity index (χ3n) is 1.94. The van der Waals surface area contributed by atoms with Gasteiger partial charge in [-0.3, -0.25) is 10.1 Å². The molecule has 1 aromatic carbocycles. The molecule has 92 valence electrons. The van der Waals surface area contributed by atoms with Gasteiger partial charge < -0.3 is 4.74 Å². The van der Waals surface area contributed by atoms with Crippen molar-refractivity contribution >= 4 is 17.3 Å². The van der Waals surface area contributed by atoms with E-state index in [1.165, 1.54) is 12.1 Å². The highest BCUT2D eigenvalue weighted by Crippen LogP contribution is 2.30. The van der Waals surface area contributed by atoms with Gasteiger partial charge in [-0.25, -0.2) is 4.39 Å². The fourth-order valence-corrected chi connectivity index (χ4v) is 1.29. The minimum Gasteiger partial charge on any atom is -0.430 e. The molecule has 1 aromatic heterocycles. The van der Waals surface area contributed by atoms with E-state index in [-0.39, 0.29) is 16.8 Å². The van der Waals surface area contributed by atoms with Crippen LogP contribution < -0.4 is 4.74 Å². The van der Waals surface area contributed by atoms with E-state index < -0.39 is 16.4 Å². The van der Waals surface area contributed by atoms with Crippen molar-refractivity contribution in [2.24, 2.45) is 0 Å². The van der Waals surface area contributed by atoms with E-state index in [9.17, 15) is 14.5 Å². The number of halogens is 2. The lowest BCUT2D eigenvalue weighted by molar-refractivity contribution is -0.385. The number of nitrogens with zero attached hydrogens (tertiary/aromatic N) is 3. The third-order valence-corrected chi connectivity index (χ3v) is 2.14. The van der Waals surface area contributed by atoms with Crippen LogP contribution in [0.3, 0.4) is 0 Å². The van der Waals surface area contributed by atoms with E-state index in [1.807, 2.05) is 0 Å². The molecule has 6 nitrogen and oxygen atoms in total. The minimum atomic E-state index is -0.748. The van der Waals surface area contributed by atoms with Crippen LogP contribution in [0.1, 0.15) is 0 Å². The van der Waals surface area contributed by atoms with Crippen molar-refractivity contribution in [1.29, 1.82) is 0 Å². The van der Waals surface area contributed by atoms with E-state index in [1.54, 1.807) is 0 Å². The summed E-state index contributed by atoms with van der Waals surface area (Å²) in [5.41, 5.74) is -0.494. The Morgan fingerprint density at radius 2 is 2.06 bits per heavy atom. The number of benzene rings is 1. The van der Waals surface area contributed by atoms with Gasteiger partial charge in [-0.15, -0.1) is 10.2 Å². The summed E-state index contributed by atoms with van der Waals surface area (Å²) in [7, 11) is 0. The fourth-order valence-electron chi connectivity index (χ4n) is 1.19. The molecule has 8 heteroatoms. The second-order valence-corrected chi connectivity index (χ2v) is 3.55. The summed E-state index contributed by atoms with van der Waals surface area (Å²) in [5.74, 6) is -0.830. The summed E-state index contributed by atoms with van der Waals surface area (Å²) in [4.78, 5) is 9.97. The van der Waals surface area contributed by atoms with Gasteiger partial charge in [0.25, 0.3) is 0 Å². The van der Waals surface area contributed by atoms with Crippen LogP contribution in [0.4, 0.5) is 10.1 Å². The first-order chi connectivity index (χ1) is 8.56. The number of aromatic nitrogens is 2. The topological polar surface area (TPSA) is 78.2 Å². The molecule has 0 atom stereocenters. The van der Waals surface area contributed by atoms with Crippen molar-refractivity contribution in [3.05, 3.63) is 51.4 Å². The first-order valence-electron chi connectivity index (χ1n) is 4.67. The van der Waals surface area contributed by atoms with E-state index in [4.69, 9.17) is 16.3 Å². The zero-order valence-electron chi connectivity index (χ0n) is 8.71. The summed E-state index contributed by atoms with van der Waals surface area (Å²) >= 11 is 5.53. The molecule has 18 heavy (non-hydrogen) atoms. The highest BCUT2D eigenvalue weighted by atomic mass is 35.5. The number of nitro benzene ring substituents is 1. The first kappa shape index (κ1) is 12.2. The molecule has 0 bridgehead atoms. The summed E-state index contributed by atoms with van der Waals surface area (Å²) in [6, 6.07) is 5.76. The second kappa shape index (κ2) is 4.92. The Kier molecular flexibility index (Phi) is 3.33. The minimum absolute atomic E-state index is 0.0223. The van der Waals surface area contributed by atoms with Crippen LogP contribution in [0.15, 0.2) is 30.3 Å². The zero-order valence-corrected chi connectivity index (χ0v) is 9.46. The van der Waals surface area contributed by atoms with Gasteiger partial charge >= 0.3 is 5.69 Å². The average Bonchev–Trinajstić information content (AvgIpc) is 2.34. The summed E-state index contributed by atoms with van der Waals surface area (Å²) < 4.78 is 18.0. The number of nitro groups is 1. The predicted octanol–water partition coefficient (Wildman–Crippen LogP) is 2.97. The standard InChI is InChI=1S/C10H5ClFN3O3/c11-9-3-4-10(14-13-9)18-8-2-1-6(12)5-7(8)15(16)17/h1-5H. The van der Waals surface area contributed by atoms with Crippen LogP contribution in [0.25, 0.3) is 0 Å². The van der Waals surface area contributed by atoms with Crippen molar-refractivity contribution in [2.75, 3.05) is 0 Å². The van der Waals surface area contributed by atoms with Crippen molar-refractivity contribution in [1.82, 2.24) is 10.2 Å². The van der Waals surface area contributed by atoms with Crippen LogP contribution in [0.2, 0.25) is 5.15 Å². The lowest BCUT2D eigenvalue weighted by atomic mass is 10.3. The van der Waals surface area contributed by atoms with Crippen LogP contribution in [-0.2, 0) is 0 Å². The van der Waals surface area contributed by atoms with E-state index in [2.05, 4.69) is 10.2 Å². The average molecular weight is 270 g/mol. The SMILES string of the molecule is O=[N+]([O-])c1cc(F)ccc1Oc1ccc(Cl)nn1. The number of hydrogen-bond acceptors (Lipinski definition) is 5. The Labute approximate surface area is 105 Å². The molecule has 0 aliphatic heterocycles. The van der Waals surface area contributed by atoms with Gasteiger partial charge in [0.1, 0.15) is 5.82 Å². The molecular formula is C10H5ClFN3O3. The molecule has 0 spiro atoms. The molecule has 0 amide bonds. The predicted molar refractivity (Wildman–Crippen MR) is 60.2 cm³/mol. The Morgan fingerprint density at radius 3 is 2.67 bits per heavy atom. The first-order valence-corrected chi connectivity index (χ1v) is 5.05. The van der Waals surface area contributed by atoms with Gasteiger partial charge in [-0.2, -0.15) is 0 Å². The maximum Gasteiger partial charge on any atom is 0.314 e. The Bertz CT molecular complexity index is 591. The molecule has 0 fully saturated rings. The van der Waals surface area contributed by atoms with E-state index in [0.717, 1.165) is 18.2 Å². The lowest BCUT2D eigenvalue weighted by Gasteiger charge is -2.04. The van der Waals surface area contributed by atoms with Gasteiger partial charge in [0.05, 0.1) is 11.0 Å². The third kappa shape index (κ3) is 2.69. The molecule has 0 N–H and O–H groups in total. The van der Waals surface area contributed by atoms with Gasteiger partial charge in [-0.05, 0) is 18.2 Å². The molecule has 0 aliphatic rings. The van der Waals surface area contributed by atoms with Crippen LogP contribution in [0.5, 0.6) is 11.6 Å². The molecule has 0 aliphatic carbocycles. The Balaban J connectivity index is 2.34. The summed E-state index contributed by atoms with van der Waals surface area (Å²) in [6.45, 7) is 0. The van der Waals surface area contributed by atoms with Crippen molar-refractivity contribution in [3.63, 3.8) is 0 Å². The zero-order chi connectivity index (χ0) is 13.1. The molecular weight excluding hydrogens is 265 g/mol. The number of rotatable bonds is 3. The maximum atomic E-state index is 12.9. The van der Waals surface area contributed by atoms with Crippen molar-refractivity contribution in [2.45, 2.75) is 0 Å². The summed E-state index contributed by atoms with van der Waals surface area (Å²) in [6.07, 6.45) is 0. The van der Waals surface area contributed by atoms with Gasteiger partial charge in [0.15, 0.2) is 5.15 Å². The fraction of sp³-hybridized carbons (Fsp3) is 0. The monoisotopic (exact) mass is 269 g/mol. The molecule has 1 heterocycles. The molecule has 2 rings (SSSR count). The number of hydrogen-bond donors (Lipinski definition) is 0. The normalized spacial score (nSPS) is 10.1. The quantitative estimate of drug-likeness (QED) is 0.632. The lowest BCUT2D eigenvalue weighted by Crippen LogP contribution is -1.96.